The molecule has 0 amide bonds. The van der Waals surface area contributed by atoms with E-state index in [0.717, 1.165) is 0 Å². The summed E-state index contributed by atoms with van der Waals surface area (Å²) in [6, 6.07) is 17.8. The lowest BCUT2D eigenvalue weighted by atomic mass is 9.81. The van der Waals surface area contributed by atoms with Gasteiger partial charge in [-0.25, -0.2) is 0 Å². The maximum atomic E-state index is 2.28. The molecule has 2 aromatic carbocycles. The Bertz CT molecular complexity index is 793. The summed E-state index contributed by atoms with van der Waals surface area (Å²) < 4.78 is 0. The molecule has 7 rings (SSSR count). The average molecular weight is 383 g/mol. The number of hydrogen-bond donors (Lipinski definition) is 0. The Hall–Kier alpha value is -0.680. The van der Waals surface area contributed by atoms with Crippen LogP contribution in [-0.2, 0) is 0 Å². The van der Waals surface area contributed by atoms with Gasteiger partial charge in [0.15, 0.2) is 0 Å². The summed E-state index contributed by atoms with van der Waals surface area (Å²) in [6.07, 6.45) is 2.65. The zero-order valence-corrected chi connectivity index (χ0v) is 16.1. The second kappa shape index (κ2) is 5.41. The van der Waals surface area contributed by atoms with Crippen LogP contribution < -0.4 is 0 Å². The van der Waals surface area contributed by atoms with Crippen molar-refractivity contribution in [1.29, 1.82) is 0 Å². The molecule has 2 bridgehead atoms. The molecule has 2 heterocycles. The van der Waals surface area contributed by atoms with Crippen LogP contribution in [0.3, 0.4) is 0 Å². The van der Waals surface area contributed by atoms with Gasteiger partial charge in [-0.2, -0.15) is 0 Å². The second-order valence-corrected chi connectivity index (χ2v) is 10.8. The van der Waals surface area contributed by atoms with Crippen molar-refractivity contribution in [2.24, 2.45) is 11.8 Å². The van der Waals surface area contributed by atoms with Crippen molar-refractivity contribution in [2.45, 2.75) is 32.4 Å². The van der Waals surface area contributed by atoms with Gasteiger partial charge >= 0.3 is 0 Å². The van der Waals surface area contributed by atoms with E-state index in [1.807, 2.05) is 47.0 Å². The largest absolute Gasteiger partial charge is 0.0918 e. The van der Waals surface area contributed by atoms with Gasteiger partial charge in [0.25, 0.3) is 0 Å². The van der Waals surface area contributed by atoms with Gasteiger partial charge in [0, 0.05) is 51.0 Å². The highest BCUT2D eigenvalue weighted by molar-refractivity contribution is 8.11. The number of fused-ring (bicyclic) bond motifs is 3. The maximum Gasteiger partial charge on any atom is 0.0259 e. The Labute approximate surface area is 158 Å². The molecule has 5 aliphatic rings. The molecule has 0 saturated carbocycles. The normalized spacial score (nSPS) is 26.7. The summed E-state index contributed by atoms with van der Waals surface area (Å²) in [5.41, 5.74) is 0. The molecule has 0 unspecified atom stereocenters. The molecule has 0 nitrogen and oxygen atoms in total. The molecule has 4 heteroatoms. The van der Waals surface area contributed by atoms with Crippen molar-refractivity contribution >= 4 is 47.0 Å². The molecule has 2 aromatic rings. The van der Waals surface area contributed by atoms with Crippen molar-refractivity contribution < 1.29 is 0 Å². The third-order valence-electron chi connectivity index (χ3n) is 5.07. The van der Waals surface area contributed by atoms with E-state index in [-0.39, 0.29) is 0 Å². The molecule has 0 N–H and O–H groups in total. The van der Waals surface area contributed by atoms with Crippen LogP contribution in [-0.4, -0.2) is 0 Å². The molecule has 0 fully saturated rings. The highest BCUT2D eigenvalue weighted by Crippen LogP contribution is 2.67. The van der Waals surface area contributed by atoms with Crippen molar-refractivity contribution in [3.05, 3.63) is 68.2 Å². The fraction of sp³-hybridized carbons (Fsp3) is 0.200. The van der Waals surface area contributed by atoms with E-state index in [1.54, 1.807) is 19.6 Å². The van der Waals surface area contributed by atoms with Crippen LogP contribution in [0, 0.1) is 11.8 Å². The second-order valence-electron chi connectivity index (χ2n) is 6.44. The third-order valence-corrected chi connectivity index (χ3v) is 10.8. The minimum absolute atomic E-state index is 0.636. The molecule has 0 aromatic heterocycles. The lowest BCUT2D eigenvalue weighted by Gasteiger charge is -2.45. The van der Waals surface area contributed by atoms with E-state index in [9.17, 15) is 0 Å². The Morgan fingerprint density at radius 1 is 0.500 bits per heavy atom. The molecular weight excluding hydrogens is 368 g/mol. The van der Waals surface area contributed by atoms with Crippen LogP contribution in [0.25, 0.3) is 0 Å². The van der Waals surface area contributed by atoms with Gasteiger partial charge in [0.05, 0.1) is 0 Å². The zero-order chi connectivity index (χ0) is 15.7. The van der Waals surface area contributed by atoms with E-state index in [1.165, 1.54) is 32.4 Å². The molecular formula is C20H14S4. The van der Waals surface area contributed by atoms with Crippen LogP contribution in [0.2, 0.25) is 0 Å². The van der Waals surface area contributed by atoms with Crippen LogP contribution in [0.4, 0.5) is 0 Å². The third kappa shape index (κ3) is 2.00. The first kappa shape index (κ1) is 14.5. The minimum Gasteiger partial charge on any atom is -0.0918 e. The average Bonchev–Trinajstić information content (AvgIpc) is 2.65. The predicted octanol–water partition coefficient (Wildman–Crippen LogP) is 7.25. The number of benzene rings is 2. The molecule has 0 atom stereocenters. The van der Waals surface area contributed by atoms with E-state index >= 15 is 0 Å². The van der Waals surface area contributed by atoms with Crippen molar-refractivity contribution in [2.75, 3.05) is 0 Å². The van der Waals surface area contributed by atoms with Gasteiger partial charge < -0.3 is 0 Å². The first-order valence-electron chi connectivity index (χ1n) is 8.26. The van der Waals surface area contributed by atoms with Crippen LogP contribution >= 0.6 is 47.0 Å². The van der Waals surface area contributed by atoms with E-state index in [2.05, 4.69) is 48.5 Å². The SMILES string of the molecule is c1ccc2c(c1)SC1=C(S2)C2CCC1C1=C2Sc2ccccc2S1. The van der Waals surface area contributed by atoms with Gasteiger partial charge in [-0.05, 0) is 37.1 Å². The number of thioether (sulfide) groups is 4. The summed E-state index contributed by atoms with van der Waals surface area (Å²) in [5, 5.41) is 0. The van der Waals surface area contributed by atoms with Crippen LogP contribution in [0.15, 0.2) is 87.7 Å². The standard InChI is InChI=1S/C20H14S4/c1-2-6-14-13(5-1)21-17-11-9-10-12(18(17)22-14)20-19(11)23-15-7-3-4-8-16(15)24-20/h1-8,11-12H,9-10H2. The van der Waals surface area contributed by atoms with Gasteiger partial charge in [0.2, 0.25) is 0 Å². The maximum absolute atomic E-state index is 2.28. The summed E-state index contributed by atoms with van der Waals surface area (Å²) in [4.78, 5) is 12.4. The van der Waals surface area contributed by atoms with Crippen molar-refractivity contribution in [1.82, 2.24) is 0 Å². The molecule has 0 spiro atoms. The Morgan fingerprint density at radius 3 is 1.08 bits per heavy atom. The zero-order valence-electron chi connectivity index (χ0n) is 12.8. The Morgan fingerprint density at radius 2 is 0.792 bits per heavy atom. The molecule has 24 heavy (non-hydrogen) atoms. The molecule has 118 valence electrons. The lowest BCUT2D eigenvalue weighted by Crippen LogP contribution is -2.28. The Balaban J connectivity index is 1.45. The first-order valence-corrected chi connectivity index (χ1v) is 11.5. The van der Waals surface area contributed by atoms with Crippen molar-refractivity contribution in [3.8, 4) is 0 Å². The van der Waals surface area contributed by atoms with Gasteiger partial charge in [-0.1, -0.05) is 71.3 Å². The highest BCUT2D eigenvalue weighted by Gasteiger charge is 2.45. The minimum atomic E-state index is 0.636. The number of allylic oxidation sites excluding steroid dienone is 4. The van der Waals surface area contributed by atoms with Gasteiger partial charge in [-0.3, -0.25) is 0 Å². The Kier molecular flexibility index (Phi) is 3.26. The predicted molar refractivity (Wildman–Crippen MR) is 107 cm³/mol. The number of hydrogen-bond acceptors (Lipinski definition) is 4. The van der Waals surface area contributed by atoms with Gasteiger partial charge in [0.1, 0.15) is 0 Å². The quantitative estimate of drug-likeness (QED) is 0.470. The fourth-order valence-electron chi connectivity index (χ4n) is 3.98. The van der Waals surface area contributed by atoms with Gasteiger partial charge in [-0.15, -0.1) is 0 Å². The molecule has 2 aliphatic heterocycles. The van der Waals surface area contributed by atoms with Crippen LogP contribution in [0.5, 0.6) is 0 Å². The van der Waals surface area contributed by atoms with E-state index in [4.69, 9.17) is 0 Å². The lowest BCUT2D eigenvalue weighted by molar-refractivity contribution is 0.503. The molecule has 0 saturated heterocycles. The fourth-order valence-corrected chi connectivity index (χ4v) is 9.82. The van der Waals surface area contributed by atoms with E-state index in [0.29, 0.717) is 11.8 Å². The highest BCUT2D eigenvalue weighted by atomic mass is 32.2. The molecule has 0 radical (unpaired) electrons. The summed E-state index contributed by atoms with van der Waals surface area (Å²) in [7, 11) is 0. The smallest absolute Gasteiger partial charge is 0.0259 e. The number of rotatable bonds is 0. The summed E-state index contributed by atoms with van der Waals surface area (Å²) in [6.45, 7) is 0. The molecule has 3 aliphatic carbocycles. The summed E-state index contributed by atoms with van der Waals surface area (Å²) in [5.74, 6) is 1.27. The van der Waals surface area contributed by atoms with Crippen LogP contribution in [0.1, 0.15) is 12.8 Å². The van der Waals surface area contributed by atoms with E-state index < -0.39 is 0 Å². The monoisotopic (exact) mass is 382 g/mol. The topological polar surface area (TPSA) is 0 Å². The first-order chi connectivity index (χ1) is 11.9. The van der Waals surface area contributed by atoms with Crippen molar-refractivity contribution in [3.63, 3.8) is 0 Å². The summed E-state index contributed by atoms with van der Waals surface area (Å²) >= 11 is 8.17.